The fourth-order valence-corrected chi connectivity index (χ4v) is 1.06. The molecule has 0 fully saturated rings. The predicted molar refractivity (Wildman–Crippen MR) is 50.1 cm³/mol. The molecule has 0 N–H and O–H groups in total. The van der Waals surface area contributed by atoms with E-state index in [1.165, 1.54) is 0 Å². The van der Waals surface area contributed by atoms with Gasteiger partial charge in [0.1, 0.15) is 6.54 Å². The molecule has 0 aromatic carbocycles. The molecule has 0 atom stereocenters. The van der Waals surface area contributed by atoms with Gasteiger partial charge in [-0.15, -0.1) is 0 Å². The summed E-state index contributed by atoms with van der Waals surface area (Å²) in [5.74, 6) is -0.300. The molecule has 0 radical (unpaired) electrons. The Labute approximate surface area is 81.4 Å². The molecule has 1 aromatic heterocycles. The molecule has 5 nitrogen and oxygen atoms in total. The standard InChI is InChI=1S/C9H12N2O3/c1-2-3-4-7-5-9(14-11-7)8(12)6-10-13/h5H,2-4,6H2,1H3. The number of hydrogen-bond acceptors (Lipinski definition) is 5. The molecule has 1 rings (SSSR count). The van der Waals surface area contributed by atoms with E-state index in [1.807, 2.05) is 0 Å². The van der Waals surface area contributed by atoms with Gasteiger partial charge in [-0.3, -0.25) is 4.79 Å². The lowest BCUT2D eigenvalue weighted by Crippen LogP contribution is -2.00. The first-order chi connectivity index (χ1) is 6.77. The van der Waals surface area contributed by atoms with Crippen LogP contribution in [0.15, 0.2) is 15.8 Å². The Morgan fingerprint density at radius 2 is 2.43 bits per heavy atom. The minimum absolute atomic E-state index is 0.121. The predicted octanol–water partition coefficient (Wildman–Crippen LogP) is 1.97. The van der Waals surface area contributed by atoms with E-state index in [2.05, 4.69) is 17.3 Å². The summed E-state index contributed by atoms with van der Waals surface area (Å²) in [6, 6.07) is 1.57. The van der Waals surface area contributed by atoms with E-state index in [4.69, 9.17) is 4.52 Å². The van der Waals surface area contributed by atoms with Crippen LogP contribution in [-0.4, -0.2) is 17.5 Å². The summed E-state index contributed by atoms with van der Waals surface area (Å²) in [7, 11) is 0. The topological polar surface area (TPSA) is 72.5 Å². The summed E-state index contributed by atoms with van der Waals surface area (Å²) in [5, 5.41) is 6.21. The second-order valence-corrected chi connectivity index (χ2v) is 3.00. The van der Waals surface area contributed by atoms with Crippen molar-refractivity contribution in [3.05, 3.63) is 22.4 Å². The number of Topliss-reactive ketones (excluding diaryl/α,β-unsaturated/α-hetero) is 1. The molecule has 0 aliphatic heterocycles. The second-order valence-electron chi connectivity index (χ2n) is 3.00. The number of nitrogens with zero attached hydrogens (tertiary/aromatic N) is 2. The highest BCUT2D eigenvalue weighted by atomic mass is 16.5. The van der Waals surface area contributed by atoms with Crippen LogP contribution in [0, 0.1) is 4.91 Å². The van der Waals surface area contributed by atoms with Gasteiger partial charge in [-0.2, -0.15) is 4.91 Å². The number of ketones is 1. The molecule has 0 saturated heterocycles. The molecular formula is C9H12N2O3. The maximum Gasteiger partial charge on any atom is 0.225 e. The first kappa shape index (κ1) is 10.6. The van der Waals surface area contributed by atoms with Crippen LogP contribution in [0.25, 0.3) is 0 Å². The van der Waals surface area contributed by atoms with Gasteiger partial charge in [-0.05, 0) is 12.8 Å². The molecule has 1 heterocycles. The molecule has 0 spiro atoms. The molecule has 0 aliphatic rings. The van der Waals surface area contributed by atoms with Gasteiger partial charge in [0.15, 0.2) is 0 Å². The Bertz CT molecular complexity index is 320. The van der Waals surface area contributed by atoms with Crippen LogP contribution in [-0.2, 0) is 6.42 Å². The minimum Gasteiger partial charge on any atom is -0.353 e. The average Bonchev–Trinajstić information content (AvgIpc) is 2.63. The van der Waals surface area contributed by atoms with Crippen molar-refractivity contribution in [2.24, 2.45) is 5.18 Å². The van der Waals surface area contributed by atoms with E-state index in [-0.39, 0.29) is 12.3 Å². The third-order valence-corrected chi connectivity index (χ3v) is 1.83. The highest BCUT2D eigenvalue weighted by molar-refractivity contribution is 5.95. The normalized spacial score (nSPS) is 10.1. The number of nitroso groups, excluding NO2 is 1. The summed E-state index contributed by atoms with van der Waals surface area (Å²) in [6.45, 7) is 1.69. The molecule has 0 aliphatic carbocycles. The zero-order chi connectivity index (χ0) is 10.4. The van der Waals surface area contributed by atoms with Crippen LogP contribution in [0.4, 0.5) is 0 Å². The summed E-state index contributed by atoms with van der Waals surface area (Å²) in [4.78, 5) is 20.9. The summed E-state index contributed by atoms with van der Waals surface area (Å²) < 4.78 is 4.78. The van der Waals surface area contributed by atoms with Crippen molar-refractivity contribution < 1.29 is 9.32 Å². The Morgan fingerprint density at radius 1 is 1.64 bits per heavy atom. The molecule has 5 heteroatoms. The number of rotatable bonds is 6. The monoisotopic (exact) mass is 196 g/mol. The summed E-state index contributed by atoms with van der Waals surface area (Å²) >= 11 is 0. The van der Waals surface area contributed by atoms with E-state index in [9.17, 15) is 9.70 Å². The van der Waals surface area contributed by atoms with Crippen LogP contribution >= 0.6 is 0 Å². The molecule has 0 unspecified atom stereocenters. The first-order valence-corrected chi connectivity index (χ1v) is 4.55. The van der Waals surface area contributed by atoms with E-state index < -0.39 is 5.78 Å². The highest BCUT2D eigenvalue weighted by Gasteiger charge is 2.12. The van der Waals surface area contributed by atoms with Gasteiger partial charge in [0.25, 0.3) is 0 Å². The quantitative estimate of drug-likeness (QED) is 0.515. The van der Waals surface area contributed by atoms with Crippen molar-refractivity contribution in [3.8, 4) is 0 Å². The smallest absolute Gasteiger partial charge is 0.225 e. The minimum atomic E-state index is -0.421. The van der Waals surface area contributed by atoms with Crippen molar-refractivity contribution in [2.75, 3.05) is 6.54 Å². The molecule has 0 bridgehead atoms. The van der Waals surface area contributed by atoms with Crippen LogP contribution in [0.1, 0.15) is 36.0 Å². The Morgan fingerprint density at radius 3 is 3.07 bits per heavy atom. The molecule has 0 amide bonds. The fourth-order valence-electron chi connectivity index (χ4n) is 1.06. The number of unbranched alkanes of at least 4 members (excludes halogenated alkanes) is 1. The summed E-state index contributed by atoms with van der Waals surface area (Å²) in [6.07, 6.45) is 2.86. The van der Waals surface area contributed by atoms with E-state index >= 15 is 0 Å². The van der Waals surface area contributed by atoms with Crippen molar-refractivity contribution in [2.45, 2.75) is 26.2 Å². The zero-order valence-corrected chi connectivity index (χ0v) is 8.02. The average molecular weight is 196 g/mol. The second kappa shape index (κ2) is 5.26. The van der Waals surface area contributed by atoms with Crippen LogP contribution in [0.2, 0.25) is 0 Å². The number of carbonyl (C=O) groups is 1. The van der Waals surface area contributed by atoms with Crippen molar-refractivity contribution in [3.63, 3.8) is 0 Å². The van der Waals surface area contributed by atoms with Gasteiger partial charge in [-0.25, -0.2) is 0 Å². The highest BCUT2D eigenvalue weighted by Crippen LogP contribution is 2.07. The number of aromatic nitrogens is 1. The first-order valence-electron chi connectivity index (χ1n) is 4.55. The van der Waals surface area contributed by atoms with Crippen LogP contribution in [0.3, 0.4) is 0 Å². The van der Waals surface area contributed by atoms with Gasteiger partial charge >= 0.3 is 0 Å². The zero-order valence-electron chi connectivity index (χ0n) is 8.02. The molecule has 14 heavy (non-hydrogen) atoms. The van der Waals surface area contributed by atoms with Gasteiger partial charge in [0.05, 0.1) is 5.69 Å². The van der Waals surface area contributed by atoms with Crippen molar-refractivity contribution in [1.82, 2.24) is 5.16 Å². The largest absolute Gasteiger partial charge is 0.353 e. The maximum absolute atomic E-state index is 11.1. The van der Waals surface area contributed by atoms with Crippen molar-refractivity contribution in [1.29, 1.82) is 0 Å². The van der Waals surface area contributed by atoms with Gasteiger partial charge < -0.3 is 4.52 Å². The Kier molecular flexibility index (Phi) is 3.97. The van der Waals surface area contributed by atoms with Crippen LogP contribution < -0.4 is 0 Å². The lowest BCUT2D eigenvalue weighted by Gasteiger charge is -1.88. The molecular weight excluding hydrogens is 184 g/mol. The fraction of sp³-hybridized carbons (Fsp3) is 0.556. The van der Waals surface area contributed by atoms with Crippen molar-refractivity contribution >= 4 is 5.78 Å². The number of aryl methyl sites for hydroxylation is 1. The molecule has 76 valence electrons. The Hall–Kier alpha value is -1.52. The van der Waals surface area contributed by atoms with Crippen LogP contribution in [0.5, 0.6) is 0 Å². The van der Waals surface area contributed by atoms with Gasteiger partial charge in [-0.1, -0.05) is 23.7 Å². The Balaban J connectivity index is 2.58. The molecule has 0 saturated carbocycles. The lowest BCUT2D eigenvalue weighted by molar-refractivity contribution is 0.0966. The third kappa shape index (κ3) is 2.76. The van der Waals surface area contributed by atoms with E-state index in [0.29, 0.717) is 0 Å². The van der Waals surface area contributed by atoms with E-state index in [0.717, 1.165) is 25.0 Å². The van der Waals surface area contributed by atoms with E-state index in [1.54, 1.807) is 6.07 Å². The maximum atomic E-state index is 11.1. The summed E-state index contributed by atoms with van der Waals surface area (Å²) in [5.41, 5.74) is 0.751. The number of carbonyl (C=O) groups excluding carboxylic acids is 1. The lowest BCUT2D eigenvalue weighted by atomic mass is 10.2. The molecule has 1 aromatic rings. The van der Waals surface area contributed by atoms with Gasteiger partial charge in [0.2, 0.25) is 11.5 Å². The number of hydrogen-bond donors (Lipinski definition) is 0. The third-order valence-electron chi connectivity index (χ3n) is 1.83. The van der Waals surface area contributed by atoms with Gasteiger partial charge in [0, 0.05) is 6.07 Å². The SMILES string of the molecule is CCCCc1cc(C(=O)CN=O)on1.